The number of aromatic nitrogens is 2. The monoisotopic (exact) mass is 321 g/mol. The van der Waals surface area contributed by atoms with Crippen molar-refractivity contribution in [2.75, 3.05) is 6.61 Å². The molecule has 0 fully saturated rings. The van der Waals surface area contributed by atoms with Crippen molar-refractivity contribution < 1.29 is 9.53 Å². The zero-order chi connectivity index (χ0) is 16.1. The third-order valence-electron chi connectivity index (χ3n) is 3.18. The molecule has 6 heteroatoms. The van der Waals surface area contributed by atoms with E-state index in [0.717, 1.165) is 17.0 Å². The topological polar surface area (TPSA) is 67.0 Å². The van der Waals surface area contributed by atoms with E-state index in [0.29, 0.717) is 17.2 Å². The summed E-state index contributed by atoms with van der Waals surface area (Å²) >= 11 is 5.88. The van der Waals surface area contributed by atoms with Crippen LogP contribution >= 0.6 is 11.6 Å². The van der Waals surface area contributed by atoms with Crippen LogP contribution in [-0.2, 0) is 11.2 Å². The lowest BCUT2D eigenvalue weighted by Gasteiger charge is -2.14. The van der Waals surface area contributed by atoms with E-state index in [2.05, 4.69) is 15.5 Å². The Morgan fingerprint density at radius 3 is 2.82 bits per heavy atom. The third kappa shape index (κ3) is 4.77. The molecule has 118 valence electrons. The molecule has 2 N–H and O–H groups in total. The summed E-state index contributed by atoms with van der Waals surface area (Å²) in [6, 6.07) is 7.27. The van der Waals surface area contributed by atoms with Crippen LogP contribution in [0.4, 0.5) is 0 Å². The summed E-state index contributed by atoms with van der Waals surface area (Å²) in [6.45, 7) is 5.76. The van der Waals surface area contributed by atoms with Crippen LogP contribution in [0.1, 0.15) is 23.9 Å². The number of aryl methyl sites for hydroxylation is 2. The van der Waals surface area contributed by atoms with Gasteiger partial charge in [0, 0.05) is 23.2 Å². The zero-order valence-corrected chi connectivity index (χ0v) is 13.7. The molecule has 0 aliphatic carbocycles. The Morgan fingerprint density at radius 2 is 2.18 bits per heavy atom. The molecule has 2 rings (SSSR count). The highest BCUT2D eigenvalue weighted by Crippen LogP contribution is 2.21. The number of hydrogen-bond donors (Lipinski definition) is 2. The van der Waals surface area contributed by atoms with Crippen LogP contribution in [-0.4, -0.2) is 28.8 Å². The molecule has 0 spiro atoms. The Labute approximate surface area is 135 Å². The number of aromatic amines is 1. The summed E-state index contributed by atoms with van der Waals surface area (Å²) in [5.41, 5.74) is 2.84. The first-order chi connectivity index (χ1) is 10.4. The Hall–Kier alpha value is -2.01. The molecule has 0 bridgehead atoms. The minimum atomic E-state index is -0.158. The highest BCUT2D eigenvalue weighted by atomic mass is 35.5. The van der Waals surface area contributed by atoms with Gasteiger partial charge in [0.2, 0.25) is 0 Å². The SMILES string of the molecule is Cc1cc(C[C@H](C)NC(=O)COc2ccc(Cl)cc2C)n[nH]1. The number of halogens is 1. The van der Waals surface area contributed by atoms with Gasteiger partial charge in [-0.15, -0.1) is 0 Å². The molecule has 0 unspecified atom stereocenters. The van der Waals surface area contributed by atoms with E-state index in [1.807, 2.05) is 26.8 Å². The number of carbonyl (C=O) groups excluding carboxylic acids is 1. The Balaban J connectivity index is 1.79. The van der Waals surface area contributed by atoms with Crippen molar-refractivity contribution in [1.29, 1.82) is 0 Å². The third-order valence-corrected chi connectivity index (χ3v) is 3.41. The molecule has 0 saturated carbocycles. The van der Waals surface area contributed by atoms with Gasteiger partial charge in [0.1, 0.15) is 5.75 Å². The quantitative estimate of drug-likeness (QED) is 0.859. The van der Waals surface area contributed by atoms with Gasteiger partial charge in [-0.05, 0) is 50.6 Å². The van der Waals surface area contributed by atoms with Crippen LogP contribution in [0.5, 0.6) is 5.75 Å². The molecule has 0 aliphatic rings. The minimum Gasteiger partial charge on any atom is -0.484 e. The average molecular weight is 322 g/mol. The van der Waals surface area contributed by atoms with Gasteiger partial charge in [-0.2, -0.15) is 5.10 Å². The van der Waals surface area contributed by atoms with Gasteiger partial charge in [-0.1, -0.05) is 11.6 Å². The molecule has 1 atom stereocenters. The van der Waals surface area contributed by atoms with Crippen molar-refractivity contribution in [2.45, 2.75) is 33.2 Å². The van der Waals surface area contributed by atoms with Gasteiger partial charge in [0.15, 0.2) is 6.61 Å². The summed E-state index contributed by atoms with van der Waals surface area (Å²) in [5, 5.41) is 10.6. The normalized spacial score (nSPS) is 12.0. The number of amides is 1. The van der Waals surface area contributed by atoms with E-state index >= 15 is 0 Å². The van der Waals surface area contributed by atoms with Crippen molar-refractivity contribution in [1.82, 2.24) is 15.5 Å². The zero-order valence-electron chi connectivity index (χ0n) is 12.9. The van der Waals surface area contributed by atoms with Crippen molar-refractivity contribution in [3.63, 3.8) is 0 Å². The predicted octanol–water partition coefficient (Wildman–Crippen LogP) is 2.81. The van der Waals surface area contributed by atoms with Crippen LogP contribution in [0.2, 0.25) is 5.02 Å². The van der Waals surface area contributed by atoms with Crippen molar-refractivity contribution in [3.05, 3.63) is 46.2 Å². The molecular weight excluding hydrogens is 302 g/mol. The second-order valence-electron chi connectivity index (χ2n) is 5.41. The standard InChI is InChI=1S/C16H20ClN3O2/c1-10-6-13(17)4-5-15(10)22-9-16(21)18-11(2)7-14-8-12(3)19-20-14/h4-6,8,11H,7,9H2,1-3H3,(H,18,21)(H,19,20)/t11-/m0/s1. The molecule has 22 heavy (non-hydrogen) atoms. The molecular formula is C16H20ClN3O2. The first-order valence-electron chi connectivity index (χ1n) is 7.13. The van der Waals surface area contributed by atoms with Crippen LogP contribution in [0.25, 0.3) is 0 Å². The molecule has 5 nitrogen and oxygen atoms in total. The van der Waals surface area contributed by atoms with Gasteiger partial charge < -0.3 is 10.1 Å². The maximum atomic E-state index is 11.9. The maximum absolute atomic E-state index is 11.9. The second kappa shape index (κ2) is 7.31. The van der Waals surface area contributed by atoms with E-state index in [9.17, 15) is 4.79 Å². The number of nitrogens with zero attached hydrogens (tertiary/aromatic N) is 1. The van der Waals surface area contributed by atoms with E-state index in [-0.39, 0.29) is 18.6 Å². The van der Waals surface area contributed by atoms with Crippen molar-refractivity contribution in [2.24, 2.45) is 0 Å². The number of rotatable bonds is 6. The van der Waals surface area contributed by atoms with Gasteiger partial charge in [0.05, 0.1) is 5.69 Å². The average Bonchev–Trinajstić information content (AvgIpc) is 2.82. The summed E-state index contributed by atoms with van der Waals surface area (Å²) in [4.78, 5) is 11.9. The molecule has 0 radical (unpaired) electrons. The lowest BCUT2D eigenvalue weighted by atomic mass is 10.2. The van der Waals surface area contributed by atoms with E-state index in [4.69, 9.17) is 16.3 Å². The fraction of sp³-hybridized carbons (Fsp3) is 0.375. The smallest absolute Gasteiger partial charge is 0.258 e. The molecule has 1 heterocycles. The molecule has 2 aromatic rings. The number of H-pyrrole nitrogens is 1. The van der Waals surface area contributed by atoms with Gasteiger partial charge in [-0.3, -0.25) is 9.89 Å². The minimum absolute atomic E-state index is 0.00915. The lowest BCUT2D eigenvalue weighted by molar-refractivity contribution is -0.123. The highest BCUT2D eigenvalue weighted by molar-refractivity contribution is 6.30. The molecule has 0 saturated heterocycles. The second-order valence-corrected chi connectivity index (χ2v) is 5.85. The summed E-state index contributed by atoms with van der Waals surface area (Å²) in [7, 11) is 0. The lowest BCUT2D eigenvalue weighted by Crippen LogP contribution is -2.37. The molecule has 1 aromatic carbocycles. The van der Waals surface area contributed by atoms with Gasteiger partial charge in [0.25, 0.3) is 5.91 Å². The predicted molar refractivity (Wildman–Crippen MR) is 86.3 cm³/mol. The first kappa shape index (κ1) is 16.4. The van der Waals surface area contributed by atoms with Crippen LogP contribution in [0, 0.1) is 13.8 Å². The molecule has 1 aromatic heterocycles. The van der Waals surface area contributed by atoms with Gasteiger partial charge >= 0.3 is 0 Å². The highest BCUT2D eigenvalue weighted by Gasteiger charge is 2.11. The number of nitrogens with one attached hydrogen (secondary N) is 2. The molecule has 0 aliphatic heterocycles. The number of hydrogen-bond acceptors (Lipinski definition) is 3. The fourth-order valence-corrected chi connectivity index (χ4v) is 2.40. The number of carbonyl (C=O) groups is 1. The van der Waals surface area contributed by atoms with Crippen molar-refractivity contribution >= 4 is 17.5 Å². The van der Waals surface area contributed by atoms with E-state index in [1.54, 1.807) is 18.2 Å². The summed E-state index contributed by atoms with van der Waals surface area (Å²) in [6.07, 6.45) is 0.677. The van der Waals surface area contributed by atoms with Crippen LogP contribution in [0.15, 0.2) is 24.3 Å². The summed E-state index contributed by atoms with van der Waals surface area (Å²) in [5.74, 6) is 0.504. The first-order valence-corrected chi connectivity index (χ1v) is 7.51. The van der Waals surface area contributed by atoms with E-state index in [1.165, 1.54) is 0 Å². The Morgan fingerprint density at radius 1 is 1.41 bits per heavy atom. The maximum Gasteiger partial charge on any atom is 0.258 e. The number of benzene rings is 1. The van der Waals surface area contributed by atoms with E-state index < -0.39 is 0 Å². The van der Waals surface area contributed by atoms with Crippen molar-refractivity contribution in [3.8, 4) is 5.75 Å². The van der Waals surface area contributed by atoms with Crippen LogP contribution in [0.3, 0.4) is 0 Å². The Kier molecular flexibility index (Phi) is 5.44. The van der Waals surface area contributed by atoms with Crippen LogP contribution < -0.4 is 10.1 Å². The largest absolute Gasteiger partial charge is 0.484 e. The number of ether oxygens (including phenoxy) is 1. The van der Waals surface area contributed by atoms with Gasteiger partial charge in [-0.25, -0.2) is 0 Å². The Bertz CT molecular complexity index is 655. The fourth-order valence-electron chi connectivity index (χ4n) is 2.18. The summed E-state index contributed by atoms with van der Waals surface area (Å²) < 4.78 is 5.52. The molecule has 1 amide bonds.